The van der Waals surface area contributed by atoms with Gasteiger partial charge >= 0.3 is 0 Å². The molecule has 2 heterocycles. The van der Waals surface area contributed by atoms with E-state index in [1.807, 2.05) is 42.5 Å². The van der Waals surface area contributed by atoms with E-state index in [1.54, 1.807) is 12.1 Å². The van der Waals surface area contributed by atoms with E-state index in [9.17, 15) is 5.11 Å². The van der Waals surface area contributed by atoms with Crippen molar-refractivity contribution in [3.8, 4) is 11.5 Å². The van der Waals surface area contributed by atoms with Crippen LogP contribution in [0.1, 0.15) is 35.1 Å². The Morgan fingerprint density at radius 2 is 1.40 bits per heavy atom. The second-order valence-corrected chi connectivity index (χ2v) is 8.40. The van der Waals surface area contributed by atoms with Crippen LogP contribution in [0.15, 0.2) is 66.7 Å². The van der Waals surface area contributed by atoms with Gasteiger partial charge in [-0.3, -0.25) is 4.90 Å². The maximum absolute atomic E-state index is 12.1. The minimum Gasteiger partial charge on any atom is -0.454 e. The predicted octanol–water partition coefficient (Wildman–Crippen LogP) is 4.95. The standard InChI is InChI=1S/C25H24ClNO3/c26-22-10-7-20(8-11-22)25(28,21-9-12-23-24(15-21)30-17-29-23)19-5-3-18(4-6-19)16-27-13-1-2-14-27/h3-12,15,28H,1-2,13-14,16-17H2. The Bertz CT molecular complexity index is 1030. The van der Waals surface area contributed by atoms with Gasteiger partial charge in [0.2, 0.25) is 6.79 Å². The second-order valence-electron chi connectivity index (χ2n) is 7.97. The minimum absolute atomic E-state index is 0.198. The number of fused-ring (bicyclic) bond motifs is 1. The number of rotatable bonds is 5. The number of benzene rings is 3. The fourth-order valence-electron chi connectivity index (χ4n) is 4.36. The number of nitrogens with zero attached hydrogens (tertiary/aromatic N) is 1. The van der Waals surface area contributed by atoms with Gasteiger partial charge in [0.1, 0.15) is 5.60 Å². The molecule has 3 aromatic carbocycles. The molecule has 0 spiro atoms. The molecule has 0 radical (unpaired) electrons. The molecule has 154 valence electrons. The summed E-state index contributed by atoms with van der Waals surface area (Å²) in [6, 6.07) is 21.2. The molecule has 2 aliphatic rings. The molecule has 1 saturated heterocycles. The first-order valence-corrected chi connectivity index (χ1v) is 10.7. The lowest BCUT2D eigenvalue weighted by molar-refractivity contribution is 0.125. The summed E-state index contributed by atoms with van der Waals surface area (Å²) in [5.41, 5.74) is 2.19. The van der Waals surface area contributed by atoms with Gasteiger partial charge in [-0.25, -0.2) is 0 Å². The van der Waals surface area contributed by atoms with Crippen LogP contribution in [0.25, 0.3) is 0 Å². The van der Waals surface area contributed by atoms with Gasteiger partial charge in [-0.05, 0) is 72.5 Å². The average molecular weight is 422 g/mol. The summed E-state index contributed by atoms with van der Waals surface area (Å²) >= 11 is 6.11. The molecule has 1 N–H and O–H groups in total. The minimum atomic E-state index is -1.34. The van der Waals surface area contributed by atoms with Gasteiger partial charge in [-0.2, -0.15) is 0 Å². The molecule has 1 fully saturated rings. The number of hydrogen-bond acceptors (Lipinski definition) is 4. The molecule has 5 heteroatoms. The maximum atomic E-state index is 12.1. The average Bonchev–Trinajstić information content (AvgIpc) is 3.45. The van der Waals surface area contributed by atoms with Gasteiger partial charge in [-0.15, -0.1) is 0 Å². The normalized spacial score (nSPS) is 17.8. The molecule has 2 aliphatic heterocycles. The van der Waals surface area contributed by atoms with Crippen LogP contribution in [0.4, 0.5) is 0 Å². The Kier molecular flexibility index (Phi) is 5.15. The zero-order chi connectivity index (χ0) is 20.6. The van der Waals surface area contributed by atoms with Crippen LogP contribution in [0, 0.1) is 0 Å². The highest BCUT2D eigenvalue weighted by Gasteiger charge is 2.35. The monoisotopic (exact) mass is 421 g/mol. The lowest BCUT2D eigenvalue weighted by Gasteiger charge is -2.30. The van der Waals surface area contributed by atoms with Crippen molar-refractivity contribution in [3.63, 3.8) is 0 Å². The third-order valence-corrected chi connectivity index (χ3v) is 6.28. The summed E-state index contributed by atoms with van der Waals surface area (Å²) in [5.74, 6) is 1.34. The largest absolute Gasteiger partial charge is 0.454 e. The zero-order valence-electron chi connectivity index (χ0n) is 16.7. The van der Waals surface area contributed by atoms with Gasteiger partial charge in [0.25, 0.3) is 0 Å². The molecule has 1 atom stereocenters. The molecule has 0 aromatic heterocycles. The molecular weight excluding hydrogens is 398 g/mol. The second kappa shape index (κ2) is 7.95. The van der Waals surface area contributed by atoms with Gasteiger partial charge in [0, 0.05) is 11.6 Å². The molecule has 30 heavy (non-hydrogen) atoms. The number of halogens is 1. The van der Waals surface area contributed by atoms with Crippen LogP contribution >= 0.6 is 11.6 Å². The van der Waals surface area contributed by atoms with Crippen molar-refractivity contribution in [2.24, 2.45) is 0 Å². The smallest absolute Gasteiger partial charge is 0.231 e. The lowest BCUT2D eigenvalue weighted by atomic mass is 9.80. The molecule has 1 unspecified atom stereocenters. The predicted molar refractivity (Wildman–Crippen MR) is 117 cm³/mol. The van der Waals surface area contributed by atoms with Crippen LogP contribution in [0.3, 0.4) is 0 Å². The van der Waals surface area contributed by atoms with Crippen molar-refractivity contribution in [1.82, 2.24) is 4.90 Å². The number of aliphatic hydroxyl groups is 1. The zero-order valence-corrected chi connectivity index (χ0v) is 17.4. The van der Waals surface area contributed by atoms with Gasteiger partial charge in [0.15, 0.2) is 11.5 Å². The molecule has 5 rings (SSSR count). The highest BCUT2D eigenvalue weighted by atomic mass is 35.5. The Morgan fingerprint density at radius 3 is 2.10 bits per heavy atom. The number of hydrogen-bond donors (Lipinski definition) is 1. The van der Waals surface area contributed by atoms with Crippen molar-refractivity contribution in [1.29, 1.82) is 0 Å². The van der Waals surface area contributed by atoms with Crippen molar-refractivity contribution in [2.75, 3.05) is 19.9 Å². The van der Waals surface area contributed by atoms with Gasteiger partial charge in [-0.1, -0.05) is 54.1 Å². The highest BCUT2D eigenvalue weighted by molar-refractivity contribution is 6.30. The number of likely N-dealkylation sites (tertiary alicyclic amines) is 1. The van der Waals surface area contributed by atoms with E-state index in [-0.39, 0.29) is 6.79 Å². The first-order valence-electron chi connectivity index (χ1n) is 10.3. The van der Waals surface area contributed by atoms with Crippen LogP contribution in [0.2, 0.25) is 5.02 Å². The molecule has 0 saturated carbocycles. The van der Waals surface area contributed by atoms with Gasteiger partial charge < -0.3 is 14.6 Å². The van der Waals surface area contributed by atoms with E-state index in [0.717, 1.165) is 36.3 Å². The third-order valence-electron chi connectivity index (χ3n) is 6.03. The van der Waals surface area contributed by atoms with E-state index in [1.165, 1.54) is 18.4 Å². The van der Waals surface area contributed by atoms with Gasteiger partial charge in [0.05, 0.1) is 0 Å². The fourth-order valence-corrected chi connectivity index (χ4v) is 4.49. The third kappa shape index (κ3) is 3.56. The SMILES string of the molecule is OC(c1ccc(Cl)cc1)(c1ccc(CN2CCCC2)cc1)c1ccc2c(c1)OCO2. The van der Waals surface area contributed by atoms with Crippen molar-refractivity contribution in [2.45, 2.75) is 25.0 Å². The molecule has 4 nitrogen and oxygen atoms in total. The van der Waals surface area contributed by atoms with E-state index in [0.29, 0.717) is 16.5 Å². The van der Waals surface area contributed by atoms with Crippen LogP contribution in [-0.2, 0) is 12.1 Å². The first kappa shape index (κ1) is 19.4. The van der Waals surface area contributed by atoms with Crippen molar-refractivity contribution in [3.05, 3.63) is 94.0 Å². The Balaban J connectivity index is 1.55. The van der Waals surface area contributed by atoms with Crippen molar-refractivity contribution < 1.29 is 14.6 Å². The Morgan fingerprint density at radius 1 is 0.800 bits per heavy atom. The highest BCUT2D eigenvalue weighted by Crippen LogP contribution is 2.42. The summed E-state index contributed by atoms with van der Waals surface area (Å²) < 4.78 is 11.0. The molecule has 0 amide bonds. The van der Waals surface area contributed by atoms with E-state index in [2.05, 4.69) is 17.0 Å². The Hall–Kier alpha value is -2.53. The summed E-state index contributed by atoms with van der Waals surface area (Å²) in [7, 11) is 0. The maximum Gasteiger partial charge on any atom is 0.231 e. The van der Waals surface area contributed by atoms with E-state index < -0.39 is 5.60 Å². The Labute approximate surface area is 181 Å². The van der Waals surface area contributed by atoms with E-state index >= 15 is 0 Å². The number of ether oxygens (including phenoxy) is 2. The summed E-state index contributed by atoms with van der Waals surface area (Å²) in [4.78, 5) is 2.47. The van der Waals surface area contributed by atoms with Crippen LogP contribution in [-0.4, -0.2) is 29.9 Å². The summed E-state index contributed by atoms with van der Waals surface area (Å²) in [6.07, 6.45) is 2.55. The topological polar surface area (TPSA) is 41.9 Å². The van der Waals surface area contributed by atoms with E-state index in [4.69, 9.17) is 21.1 Å². The summed E-state index contributed by atoms with van der Waals surface area (Å²) in [6.45, 7) is 3.47. The molecular formula is C25H24ClNO3. The fraction of sp³-hybridized carbons (Fsp3) is 0.280. The lowest BCUT2D eigenvalue weighted by Crippen LogP contribution is -2.29. The molecule has 0 bridgehead atoms. The quantitative estimate of drug-likeness (QED) is 0.592. The molecule has 0 aliphatic carbocycles. The van der Waals surface area contributed by atoms with Crippen LogP contribution in [0.5, 0.6) is 11.5 Å². The first-order chi connectivity index (χ1) is 14.6. The summed E-state index contributed by atoms with van der Waals surface area (Å²) in [5, 5.41) is 12.7. The molecule has 3 aromatic rings. The van der Waals surface area contributed by atoms with Crippen molar-refractivity contribution >= 4 is 11.6 Å². The van der Waals surface area contributed by atoms with Crippen LogP contribution < -0.4 is 9.47 Å².